The number of carboxylic acid groups (broad SMARTS) is 1. The van der Waals surface area contributed by atoms with Gasteiger partial charge in [0.2, 0.25) is 0 Å². The molecule has 0 radical (unpaired) electrons. The van der Waals surface area contributed by atoms with Gasteiger partial charge in [-0.15, -0.1) is 0 Å². The van der Waals surface area contributed by atoms with E-state index in [0.29, 0.717) is 5.75 Å². The normalized spacial score (nSPS) is 16.0. The van der Waals surface area contributed by atoms with Crippen molar-refractivity contribution in [2.45, 2.75) is 65.3 Å². The number of nitrogens with one attached hydrogen (secondary N) is 1. The van der Waals surface area contributed by atoms with Gasteiger partial charge in [-0.2, -0.15) is 0 Å². The molecule has 1 aromatic carbocycles. The molecule has 0 aliphatic rings. The maximum atomic E-state index is 13.1. The van der Waals surface area contributed by atoms with Gasteiger partial charge < -0.3 is 14.6 Å². The van der Waals surface area contributed by atoms with Gasteiger partial charge in [0, 0.05) is 7.11 Å². The minimum Gasteiger partial charge on any atom is -0.480 e. The summed E-state index contributed by atoms with van der Waals surface area (Å²) >= 11 is 0. The standard InChI is InChI=1S/C20H34NO6P/c1-8-20(6,19(22)23)21-28(24,13-25-7)27-12-26-18-16(14(2)3)10-9-11-17(18)15(4)5/h9-11,14-15H,8,12-13H2,1-7H3,(H,21,24)(H,22,23)/t20-,28?/m0/s1. The maximum Gasteiger partial charge on any atom is 0.324 e. The van der Waals surface area contributed by atoms with Crippen molar-refractivity contribution >= 4 is 13.5 Å². The van der Waals surface area contributed by atoms with Crippen molar-refractivity contribution in [1.82, 2.24) is 5.09 Å². The summed E-state index contributed by atoms with van der Waals surface area (Å²) < 4.78 is 29.6. The van der Waals surface area contributed by atoms with Crippen LogP contribution in [0.4, 0.5) is 0 Å². The average molecular weight is 415 g/mol. The Kier molecular flexibility index (Phi) is 9.15. The number of carboxylic acids is 1. The highest BCUT2D eigenvalue weighted by Gasteiger charge is 2.39. The minimum atomic E-state index is -3.60. The van der Waals surface area contributed by atoms with Crippen molar-refractivity contribution in [1.29, 1.82) is 0 Å². The molecule has 0 saturated carbocycles. The van der Waals surface area contributed by atoms with E-state index >= 15 is 0 Å². The van der Waals surface area contributed by atoms with Crippen LogP contribution in [0.15, 0.2) is 18.2 Å². The summed E-state index contributed by atoms with van der Waals surface area (Å²) in [7, 11) is -2.22. The molecule has 0 spiro atoms. The van der Waals surface area contributed by atoms with Crippen molar-refractivity contribution in [3.8, 4) is 5.75 Å². The smallest absolute Gasteiger partial charge is 0.324 e. The Hall–Kier alpha value is -1.40. The number of hydrogen-bond acceptors (Lipinski definition) is 5. The van der Waals surface area contributed by atoms with Gasteiger partial charge in [0.15, 0.2) is 6.79 Å². The highest BCUT2D eigenvalue weighted by Crippen LogP contribution is 2.45. The Morgan fingerprint density at radius 1 is 1.21 bits per heavy atom. The van der Waals surface area contributed by atoms with E-state index in [0.717, 1.165) is 11.1 Å². The minimum absolute atomic E-state index is 0.230. The van der Waals surface area contributed by atoms with Crippen LogP contribution in [0.25, 0.3) is 0 Å². The molecule has 2 N–H and O–H groups in total. The molecule has 0 saturated heterocycles. The van der Waals surface area contributed by atoms with Crippen LogP contribution < -0.4 is 9.82 Å². The molecule has 0 aromatic heterocycles. The first-order valence-corrected chi connectivity index (χ1v) is 11.3. The van der Waals surface area contributed by atoms with E-state index in [-0.39, 0.29) is 31.4 Å². The number of aliphatic carboxylic acids is 1. The van der Waals surface area contributed by atoms with Gasteiger partial charge in [-0.05, 0) is 36.3 Å². The molecule has 0 fully saturated rings. The largest absolute Gasteiger partial charge is 0.480 e. The molecule has 0 amide bonds. The molecule has 160 valence electrons. The molecule has 7 nitrogen and oxygen atoms in total. The highest BCUT2D eigenvalue weighted by molar-refractivity contribution is 7.56. The summed E-state index contributed by atoms with van der Waals surface area (Å²) in [6, 6.07) is 5.99. The molecule has 0 bridgehead atoms. The maximum absolute atomic E-state index is 13.1. The van der Waals surface area contributed by atoms with Gasteiger partial charge >= 0.3 is 5.97 Å². The summed E-state index contributed by atoms with van der Waals surface area (Å²) in [5.74, 6) is 0.0945. The Morgan fingerprint density at radius 3 is 2.14 bits per heavy atom. The van der Waals surface area contributed by atoms with Gasteiger partial charge in [-0.1, -0.05) is 52.8 Å². The molecule has 0 heterocycles. The summed E-state index contributed by atoms with van der Waals surface area (Å²) in [6.07, 6.45) is -0.0317. The number of para-hydroxylation sites is 1. The second-order valence-electron chi connectivity index (χ2n) is 7.66. The van der Waals surface area contributed by atoms with E-state index in [9.17, 15) is 14.5 Å². The SMILES string of the molecule is CC[C@](C)(NP(=O)(COC)OCOc1c(C(C)C)cccc1C(C)C)C(=O)O. The summed E-state index contributed by atoms with van der Waals surface area (Å²) in [5, 5.41) is 12.1. The molecule has 1 rings (SSSR count). The van der Waals surface area contributed by atoms with E-state index in [1.165, 1.54) is 14.0 Å². The molecular formula is C20H34NO6P. The Bertz CT molecular complexity index is 680. The third-order valence-corrected chi connectivity index (χ3v) is 6.63. The van der Waals surface area contributed by atoms with Crippen molar-refractivity contribution < 1.29 is 28.5 Å². The lowest BCUT2D eigenvalue weighted by Gasteiger charge is -2.30. The van der Waals surface area contributed by atoms with Crippen LogP contribution in [0.1, 0.15) is 70.9 Å². The molecule has 0 aliphatic heterocycles. The Labute approximate surface area is 168 Å². The fourth-order valence-corrected chi connectivity index (χ4v) is 4.52. The lowest BCUT2D eigenvalue weighted by molar-refractivity contribution is -0.143. The summed E-state index contributed by atoms with van der Waals surface area (Å²) in [6.45, 7) is 11.2. The summed E-state index contributed by atoms with van der Waals surface area (Å²) in [5.41, 5.74) is 0.675. The first-order chi connectivity index (χ1) is 13.0. The van der Waals surface area contributed by atoms with Crippen LogP contribution in [0.2, 0.25) is 0 Å². The van der Waals surface area contributed by atoms with E-state index in [1.54, 1.807) is 6.92 Å². The third kappa shape index (κ3) is 6.31. The quantitative estimate of drug-likeness (QED) is 0.369. The molecule has 28 heavy (non-hydrogen) atoms. The molecule has 1 unspecified atom stereocenters. The lowest BCUT2D eigenvalue weighted by Crippen LogP contribution is -2.48. The first kappa shape index (κ1) is 24.6. The number of carbonyl (C=O) groups is 1. The van der Waals surface area contributed by atoms with E-state index in [2.05, 4.69) is 32.8 Å². The Morgan fingerprint density at radius 2 is 1.75 bits per heavy atom. The van der Waals surface area contributed by atoms with Crippen LogP contribution in [0.3, 0.4) is 0 Å². The van der Waals surface area contributed by atoms with Crippen LogP contribution in [0.5, 0.6) is 5.75 Å². The zero-order valence-electron chi connectivity index (χ0n) is 17.9. The fraction of sp³-hybridized carbons (Fsp3) is 0.650. The molecule has 0 aliphatic carbocycles. The average Bonchev–Trinajstić information content (AvgIpc) is 2.61. The zero-order valence-corrected chi connectivity index (χ0v) is 18.8. The van der Waals surface area contributed by atoms with Gasteiger partial charge in [0.1, 0.15) is 17.6 Å². The van der Waals surface area contributed by atoms with Crippen molar-refractivity contribution in [2.75, 3.05) is 20.3 Å². The molecular weight excluding hydrogens is 381 g/mol. The second-order valence-corrected chi connectivity index (χ2v) is 9.75. The van der Waals surface area contributed by atoms with Crippen LogP contribution in [-0.4, -0.2) is 36.9 Å². The second kappa shape index (κ2) is 10.4. The summed E-state index contributed by atoms with van der Waals surface area (Å²) in [4.78, 5) is 11.6. The number of hydrogen-bond donors (Lipinski definition) is 2. The topological polar surface area (TPSA) is 94.1 Å². The highest BCUT2D eigenvalue weighted by atomic mass is 31.2. The van der Waals surface area contributed by atoms with Crippen LogP contribution in [-0.2, 0) is 18.6 Å². The van der Waals surface area contributed by atoms with Crippen LogP contribution >= 0.6 is 7.52 Å². The third-order valence-electron chi connectivity index (χ3n) is 4.68. The van der Waals surface area contributed by atoms with E-state index in [4.69, 9.17) is 14.0 Å². The number of ether oxygens (including phenoxy) is 2. The van der Waals surface area contributed by atoms with Gasteiger partial charge in [0.25, 0.3) is 7.52 Å². The first-order valence-electron chi connectivity index (χ1n) is 9.50. The molecule has 1 aromatic rings. The molecule has 2 atom stereocenters. The Balaban J connectivity index is 3.03. The van der Waals surface area contributed by atoms with Crippen molar-refractivity contribution in [2.24, 2.45) is 0 Å². The molecule has 8 heteroatoms. The fourth-order valence-electron chi connectivity index (χ4n) is 2.75. The van der Waals surface area contributed by atoms with Crippen molar-refractivity contribution in [3.63, 3.8) is 0 Å². The van der Waals surface area contributed by atoms with Gasteiger partial charge in [-0.25, -0.2) is 5.09 Å². The lowest BCUT2D eigenvalue weighted by atomic mass is 9.94. The predicted molar refractivity (Wildman–Crippen MR) is 110 cm³/mol. The number of benzene rings is 1. The van der Waals surface area contributed by atoms with E-state index in [1.807, 2.05) is 18.2 Å². The monoisotopic (exact) mass is 415 g/mol. The number of rotatable bonds is 12. The number of methoxy groups -OCH3 is 1. The van der Waals surface area contributed by atoms with Crippen LogP contribution in [0, 0.1) is 0 Å². The zero-order chi connectivity index (χ0) is 21.5. The van der Waals surface area contributed by atoms with Gasteiger partial charge in [0.05, 0.1) is 0 Å². The van der Waals surface area contributed by atoms with E-state index < -0.39 is 19.0 Å². The van der Waals surface area contributed by atoms with Crippen molar-refractivity contribution in [3.05, 3.63) is 29.3 Å². The van der Waals surface area contributed by atoms with Gasteiger partial charge in [-0.3, -0.25) is 13.9 Å². The predicted octanol–water partition coefficient (Wildman–Crippen LogP) is 4.93.